The maximum atomic E-state index is 12.1. The molecule has 1 unspecified atom stereocenters. The van der Waals surface area contributed by atoms with E-state index in [-0.39, 0.29) is 29.9 Å². The van der Waals surface area contributed by atoms with Crippen LogP contribution >= 0.6 is 0 Å². The lowest BCUT2D eigenvalue weighted by molar-refractivity contribution is -0.131. The Bertz CT molecular complexity index is 1110. The van der Waals surface area contributed by atoms with Gasteiger partial charge in [-0.15, -0.1) is 0 Å². The number of H-pyrrole nitrogens is 1. The number of piperidine rings is 1. The monoisotopic (exact) mass is 392 g/mol. The van der Waals surface area contributed by atoms with Crippen LogP contribution in [0.2, 0.25) is 0 Å². The van der Waals surface area contributed by atoms with Gasteiger partial charge in [0.05, 0.1) is 23.5 Å². The number of carbonyl (C=O) groups is 2. The zero-order valence-electron chi connectivity index (χ0n) is 15.9. The second-order valence-corrected chi connectivity index (χ2v) is 7.03. The van der Waals surface area contributed by atoms with Crippen molar-refractivity contribution < 1.29 is 14.0 Å². The van der Waals surface area contributed by atoms with Crippen molar-refractivity contribution in [1.29, 1.82) is 5.26 Å². The van der Waals surface area contributed by atoms with E-state index in [4.69, 9.17) is 9.68 Å². The van der Waals surface area contributed by atoms with Gasteiger partial charge < -0.3 is 19.6 Å². The fourth-order valence-corrected chi connectivity index (χ4v) is 3.59. The summed E-state index contributed by atoms with van der Waals surface area (Å²) in [5.41, 5.74) is 2.14. The van der Waals surface area contributed by atoms with Gasteiger partial charge in [-0.3, -0.25) is 9.59 Å². The first-order valence-electron chi connectivity index (χ1n) is 9.41. The number of likely N-dealkylation sites (tertiary alicyclic amines) is 1. The van der Waals surface area contributed by atoms with Gasteiger partial charge in [-0.25, -0.2) is 9.97 Å². The van der Waals surface area contributed by atoms with Gasteiger partial charge in [0.2, 0.25) is 11.8 Å². The lowest BCUT2D eigenvalue weighted by atomic mass is 10.0. The first kappa shape index (κ1) is 18.7. The van der Waals surface area contributed by atoms with Crippen molar-refractivity contribution in [3.05, 3.63) is 30.4 Å². The number of aromatic amines is 1. The van der Waals surface area contributed by atoms with Crippen LogP contribution in [-0.2, 0) is 4.79 Å². The number of anilines is 1. The van der Waals surface area contributed by atoms with E-state index in [1.807, 2.05) is 12.1 Å². The Hall–Kier alpha value is -3.67. The number of amides is 1. The Kier molecular flexibility index (Phi) is 4.99. The molecule has 0 radical (unpaired) electrons. The molecule has 29 heavy (non-hydrogen) atoms. The Morgan fingerprint density at radius 2 is 2.28 bits per heavy atom. The number of rotatable bonds is 5. The smallest absolute Gasteiger partial charge is 0.236 e. The van der Waals surface area contributed by atoms with Crippen molar-refractivity contribution >= 4 is 28.4 Å². The van der Waals surface area contributed by atoms with Gasteiger partial charge in [-0.1, -0.05) is 0 Å². The minimum absolute atomic E-state index is 0.00730. The number of ketones is 1. The summed E-state index contributed by atoms with van der Waals surface area (Å²) in [6, 6.07) is 3.83. The van der Waals surface area contributed by atoms with Crippen molar-refractivity contribution in [2.75, 3.05) is 18.4 Å². The fraction of sp³-hybridized carbons (Fsp3) is 0.350. The summed E-state index contributed by atoms with van der Waals surface area (Å²) in [7, 11) is 0. The summed E-state index contributed by atoms with van der Waals surface area (Å²) in [6.07, 6.45) is 6.48. The summed E-state index contributed by atoms with van der Waals surface area (Å²) in [6.45, 7) is 2.59. The average molecular weight is 392 g/mol. The first-order valence-corrected chi connectivity index (χ1v) is 9.41. The van der Waals surface area contributed by atoms with Crippen molar-refractivity contribution in [2.24, 2.45) is 0 Å². The highest BCUT2D eigenvalue weighted by Gasteiger charge is 2.26. The van der Waals surface area contributed by atoms with Crippen molar-refractivity contribution in [2.45, 2.75) is 32.2 Å². The molecule has 1 atom stereocenters. The number of nitrogens with zero attached hydrogens (tertiary/aromatic N) is 4. The van der Waals surface area contributed by atoms with Crippen LogP contribution < -0.4 is 5.32 Å². The van der Waals surface area contributed by atoms with Crippen molar-refractivity contribution in [1.82, 2.24) is 19.9 Å². The molecule has 9 heteroatoms. The number of hydrogen-bond donors (Lipinski definition) is 2. The Morgan fingerprint density at radius 1 is 1.41 bits per heavy atom. The van der Waals surface area contributed by atoms with Crippen LogP contribution in [-0.4, -0.2) is 50.7 Å². The van der Waals surface area contributed by atoms with Crippen molar-refractivity contribution in [3.63, 3.8) is 0 Å². The molecule has 1 saturated heterocycles. The summed E-state index contributed by atoms with van der Waals surface area (Å²) in [4.78, 5) is 37.2. The number of nitriles is 1. The second-order valence-electron chi connectivity index (χ2n) is 7.03. The van der Waals surface area contributed by atoms with Gasteiger partial charge in [0.15, 0.2) is 11.5 Å². The minimum atomic E-state index is -0.201. The molecule has 1 fully saturated rings. The molecule has 0 aliphatic carbocycles. The molecule has 148 valence electrons. The van der Waals surface area contributed by atoms with E-state index < -0.39 is 0 Å². The molecule has 0 bridgehead atoms. The van der Waals surface area contributed by atoms with E-state index in [0.29, 0.717) is 30.2 Å². The van der Waals surface area contributed by atoms with Crippen molar-refractivity contribution in [3.8, 4) is 17.5 Å². The maximum Gasteiger partial charge on any atom is 0.236 e. The Labute approximate surface area is 166 Å². The largest absolute Gasteiger partial charge is 0.433 e. The number of aromatic nitrogens is 3. The number of Topliss-reactive ketones (excluding diaryl/α,β-unsaturated/α-hetero) is 1. The van der Waals surface area contributed by atoms with E-state index in [2.05, 4.69) is 20.3 Å². The highest BCUT2D eigenvalue weighted by molar-refractivity contribution is 5.97. The normalized spacial score (nSPS) is 16.6. The van der Waals surface area contributed by atoms with E-state index in [0.717, 1.165) is 23.9 Å². The summed E-state index contributed by atoms with van der Waals surface area (Å²) >= 11 is 0. The summed E-state index contributed by atoms with van der Waals surface area (Å²) in [5.74, 6) is 0.139. The van der Waals surface area contributed by atoms with Crippen LogP contribution in [0.25, 0.3) is 22.5 Å². The standard InChI is InChI=1S/C20H20N6O3/c1-12(27)16-10-24-20(29-16)15-9-23-19-14(5-7-22-19)18(15)25-13-3-2-8-26(11-13)17(28)4-6-21/h5,7,9-10,13H,2-4,8,11H2,1H3,(H2,22,23,25). The Balaban J connectivity index is 1.67. The molecule has 9 nitrogen and oxygen atoms in total. The summed E-state index contributed by atoms with van der Waals surface area (Å²) < 4.78 is 5.63. The van der Waals surface area contributed by atoms with Gasteiger partial charge in [-0.2, -0.15) is 5.26 Å². The van der Waals surface area contributed by atoms with Gasteiger partial charge in [-0.05, 0) is 18.9 Å². The molecule has 1 aliphatic heterocycles. The number of oxazole rings is 1. The molecule has 1 aliphatic rings. The number of pyridine rings is 1. The predicted molar refractivity (Wildman–Crippen MR) is 105 cm³/mol. The van der Waals surface area contributed by atoms with E-state index in [1.165, 1.54) is 13.1 Å². The number of hydrogen-bond acceptors (Lipinski definition) is 7. The third kappa shape index (κ3) is 3.69. The van der Waals surface area contributed by atoms with E-state index in [1.54, 1.807) is 17.3 Å². The molecule has 2 N–H and O–H groups in total. The summed E-state index contributed by atoms with van der Waals surface area (Å²) in [5, 5.41) is 13.2. The molecular weight excluding hydrogens is 372 g/mol. The molecule has 4 heterocycles. The lowest BCUT2D eigenvalue weighted by Gasteiger charge is -2.33. The average Bonchev–Trinajstić information content (AvgIpc) is 3.38. The van der Waals surface area contributed by atoms with Crippen LogP contribution in [0.5, 0.6) is 0 Å². The molecule has 4 rings (SSSR count). The molecule has 3 aromatic rings. The lowest BCUT2D eigenvalue weighted by Crippen LogP contribution is -2.45. The topological polar surface area (TPSA) is 128 Å². The second kappa shape index (κ2) is 7.75. The predicted octanol–water partition coefficient (Wildman–Crippen LogP) is 2.74. The highest BCUT2D eigenvalue weighted by Crippen LogP contribution is 2.34. The van der Waals surface area contributed by atoms with Crippen LogP contribution in [0.15, 0.2) is 29.1 Å². The third-order valence-electron chi connectivity index (χ3n) is 5.02. The van der Waals surface area contributed by atoms with Crippen LogP contribution in [0, 0.1) is 11.3 Å². The van der Waals surface area contributed by atoms with Crippen LogP contribution in [0.3, 0.4) is 0 Å². The minimum Gasteiger partial charge on any atom is -0.433 e. The molecule has 1 amide bonds. The SMILES string of the molecule is CC(=O)c1cnc(-c2cnc3[nH]ccc3c2NC2CCCN(C(=O)CC#N)C2)o1. The Morgan fingerprint density at radius 3 is 3.03 bits per heavy atom. The van der Waals surface area contributed by atoms with Gasteiger partial charge >= 0.3 is 0 Å². The van der Waals surface area contributed by atoms with Gasteiger partial charge in [0, 0.05) is 43.8 Å². The molecule has 0 spiro atoms. The zero-order valence-corrected chi connectivity index (χ0v) is 15.9. The molecule has 3 aromatic heterocycles. The first-order chi connectivity index (χ1) is 14.1. The third-order valence-corrected chi connectivity index (χ3v) is 5.02. The molecular formula is C20H20N6O3. The van der Waals surface area contributed by atoms with Gasteiger partial charge in [0.25, 0.3) is 0 Å². The number of nitrogens with one attached hydrogen (secondary N) is 2. The number of fused-ring (bicyclic) bond motifs is 1. The van der Waals surface area contributed by atoms with Gasteiger partial charge in [0.1, 0.15) is 12.1 Å². The highest BCUT2D eigenvalue weighted by atomic mass is 16.4. The molecule has 0 aromatic carbocycles. The fourth-order valence-electron chi connectivity index (χ4n) is 3.59. The van der Waals surface area contributed by atoms with E-state index in [9.17, 15) is 9.59 Å². The van der Waals surface area contributed by atoms with Crippen LogP contribution in [0.1, 0.15) is 36.7 Å². The number of carbonyl (C=O) groups excluding carboxylic acids is 2. The molecule has 0 saturated carbocycles. The quantitative estimate of drug-likeness (QED) is 0.639. The zero-order chi connectivity index (χ0) is 20.4. The van der Waals surface area contributed by atoms with Crippen LogP contribution in [0.4, 0.5) is 5.69 Å². The van der Waals surface area contributed by atoms with E-state index >= 15 is 0 Å². The maximum absolute atomic E-state index is 12.1.